The zero-order valence-electron chi connectivity index (χ0n) is 10.1. The van der Waals surface area contributed by atoms with Gasteiger partial charge in [0.25, 0.3) is 5.91 Å². The van der Waals surface area contributed by atoms with Crippen molar-refractivity contribution in [2.24, 2.45) is 0 Å². The van der Waals surface area contributed by atoms with Crippen molar-refractivity contribution in [1.29, 1.82) is 0 Å². The van der Waals surface area contributed by atoms with Crippen LogP contribution in [0.3, 0.4) is 0 Å². The molecule has 92 valence electrons. The molecule has 1 aromatic heterocycles. The van der Waals surface area contributed by atoms with Crippen LogP contribution in [0.25, 0.3) is 11.0 Å². The maximum Gasteiger partial charge on any atom is 0.256 e. The molecule has 0 unspecified atom stereocenters. The lowest BCUT2D eigenvalue weighted by Gasteiger charge is -2.35. The van der Waals surface area contributed by atoms with E-state index in [2.05, 4.69) is 15.3 Å². The minimum Gasteiger partial charge on any atom is -0.336 e. The molecule has 2 aromatic rings. The van der Waals surface area contributed by atoms with Gasteiger partial charge >= 0.3 is 0 Å². The number of aromatic nitrogens is 2. The van der Waals surface area contributed by atoms with E-state index in [0.29, 0.717) is 11.1 Å². The van der Waals surface area contributed by atoms with Crippen LogP contribution in [0.1, 0.15) is 10.4 Å². The Balaban J connectivity index is 2.00. The van der Waals surface area contributed by atoms with Crippen molar-refractivity contribution in [2.75, 3.05) is 20.1 Å². The summed E-state index contributed by atoms with van der Waals surface area (Å²) in [4.78, 5) is 22.7. The van der Waals surface area contributed by atoms with E-state index in [4.69, 9.17) is 0 Å². The number of carbonyl (C=O) groups excluding carboxylic acids is 1. The molecular formula is C13H14N4O. The number of fused-ring (bicyclic) bond motifs is 1. The summed E-state index contributed by atoms with van der Waals surface area (Å²) in [5.74, 6) is 0.00704. The molecule has 3 rings (SSSR count). The highest BCUT2D eigenvalue weighted by molar-refractivity contribution is 6.04. The maximum atomic E-state index is 12.4. The topological polar surface area (TPSA) is 58.1 Å². The van der Waals surface area contributed by atoms with Crippen molar-refractivity contribution in [3.8, 4) is 0 Å². The van der Waals surface area contributed by atoms with Crippen LogP contribution < -0.4 is 5.32 Å². The molecule has 1 N–H and O–H groups in total. The van der Waals surface area contributed by atoms with Crippen LogP contribution in [0.15, 0.2) is 30.6 Å². The third-order valence-corrected chi connectivity index (χ3v) is 3.36. The summed E-state index contributed by atoms with van der Waals surface area (Å²) in [7, 11) is 1.84. The highest BCUT2D eigenvalue weighted by atomic mass is 16.2. The van der Waals surface area contributed by atoms with Gasteiger partial charge in [-0.3, -0.25) is 14.8 Å². The molecule has 2 heterocycles. The van der Waals surface area contributed by atoms with E-state index in [0.717, 1.165) is 18.6 Å². The highest BCUT2D eigenvalue weighted by Crippen LogP contribution is 2.17. The summed E-state index contributed by atoms with van der Waals surface area (Å²) in [6.45, 7) is 1.72. The minimum atomic E-state index is 0.00704. The van der Waals surface area contributed by atoms with Gasteiger partial charge in [0, 0.05) is 32.5 Å². The first-order chi connectivity index (χ1) is 8.77. The van der Waals surface area contributed by atoms with Crippen LogP contribution in [0.2, 0.25) is 0 Å². The fourth-order valence-electron chi connectivity index (χ4n) is 2.07. The van der Waals surface area contributed by atoms with Crippen LogP contribution in [0, 0.1) is 0 Å². The number of carbonyl (C=O) groups is 1. The Bertz CT molecular complexity index is 589. The summed E-state index contributed by atoms with van der Waals surface area (Å²) in [6, 6.07) is 5.80. The zero-order chi connectivity index (χ0) is 12.5. The number of hydrogen-bond donors (Lipinski definition) is 1. The predicted octanol–water partition coefficient (Wildman–Crippen LogP) is 0.674. The maximum absolute atomic E-state index is 12.4. The normalized spacial score (nSPS) is 15.4. The van der Waals surface area contributed by atoms with Crippen molar-refractivity contribution >= 4 is 16.9 Å². The molecule has 1 aliphatic heterocycles. The summed E-state index contributed by atoms with van der Waals surface area (Å²) in [5.41, 5.74) is 2.04. The van der Waals surface area contributed by atoms with E-state index in [1.165, 1.54) is 0 Å². The molecule has 1 fully saturated rings. The Hall–Kier alpha value is -2.01. The van der Waals surface area contributed by atoms with Crippen LogP contribution in [-0.4, -0.2) is 47.0 Å². The van der Waals surface area contributed by atoms with Gasteiger partial charge in [0.2, 0.25) is 0 Å². The second-order valence-corrected chi connectivity index (χ2v) is 4.46. The summed E-state index contributed by atoms with van der Waals surface area (Å²) in [5, 5.41) is 3.16. The Morgan fingerprint density at radius 1 is 1.33 bits per heavy atom. The van der Waals surface area contributed by atoms with Crippen molar-refractivity contribution < 1.29 is 4.79 Å². The van der Waals surface area contributed by atoms with Gasteiger partial charge in [-0.15, -0.1) is 0 Å². The molecule has 1 aliphatic rings. The molecule has 0 bridgehead atoms. The number of nitrogens with one attached hydrogen (secondary N) is 1. The van der Waals surface area contributed by atoms with Gasteiger partial charge in [-0.1, -0.05) is 6.07 Å². The molecule has 18 heavy (non-hydrogen) atoms. The standard InChI is InChI=1S/C13H14N4O/c1-17(9-7-14-8-9)13(18)10-3-2-4-11-12(10)16-6-5-15-11/h2-6,9,14H,7-8H2,1H3. The van der Waals surface area contributed by atoms with Crippen molar-refractivity contribution in [2.45, 2.75) is 6.04 Å². The minimum absolute atomic E-state index is 0.00704. The third-order valence-electron chi connectivity index (χ3n) is 3.36. The average Bonchev–Trinajstić information content (AvgIpc) is 2.35. The monoisotopic (exact) mass is 242 g/mol. The SMILES string of the molecule is CN(C(=O)c1cccc2nccnc12)C1CNC1. The van der Waals surface area contributed by atoms with E-state index in [1.54, 1.807) is 17.3 Å². The second kappa shape index (κ2) is 4.34. The van der Waals surface area contributed by atoms with Crippen molar-refractivity contribution in [3.05, 3.63) is 36.2 Å². The Morgan fingerprint density at radius 3 is 2.83 bits per heavy atom. The number of rotatable bonds is 2. The number of nitrogens with zero attached hydrogens (tertiary/aromatic N) is 3. The molecule has 0 spiro atoms. The Kier molecular flexibility index (Phi) is 2.68. The van der Waals surface area contributed by atoms with Gasteiger partial charge in [0.05, 0.1) is 17.1 Å². The fraction of sp³-hybridized carbons (Fsp3) is 0.308. The summed E-state index contributed by atoms with van der Waals surface area (Å²) >= 11 is 0. The Labute approximate surface area is 105 Å². The quantitative estimate of drug-likeness (QED) is 0.841. The van der Waals surface area contributed by atoms with Gasteiger partial charge in [-0.25, -0.2) is 0 Å². The Morgan fingerprint density at radius 2 is 2.11 bits per heavy atom. The first-order valence-electron chi connectivity index (χ1n) is 5.95. The molecule has 0 saturated carbocycles. The van der Waals surface area contributed by atoms with Crippen LogP contribution in [0.5, 0.6) is 0 Å². The third kappa shape index (κ3) is 1.73. The first-order valence-corrected chi connectivity index (χ1v) is 5.95. The number of amides is 1. The van der Waals surface area contributed by atoms with E-state index in [9.17, 15) is 4.79 Å². The molecule has 1 aromatic carbocycles. The van der Waals surface area contributed by atoms with Crippen LogP contribution >= 0.6 is 0 Å². The lowest BCUT2D eigenvalue weighted by molar-refractivity contribution is 0.0683. The zero-order valence-corrected chi connectivity index (χ0v) is 10.1. The van der Waals surface area contributed by atoms with Gasteiger partial charge in [0.15, 0.2) is 0 Å². The van der Waals surface area contributed by atoms with Crippen LogP contribution in [0.4, 0.5) is 0 Å². The molecule has 0 aliphatic carbocycles. The molecular weight excluding hydrogens is 228 g/mol. The number of benzene rings is 1. The molecule has 0 atom stereocenters. The molecule has 1 saturated heterocycles. The number of para-hydroxylation sites is 1. The highest BCUT2D eigenvalue weighted by Gasteiger charge is 2.27. The first kappa shape index (κ1) is 11.1. The average molecular weight is 242 g/mol. The summed E-state index contributed by atoms with van der Waals surface area (Å²) < 4.78 is 0. The summed E-state index contributed by atoms with van der Waals surface area (Å²) in [6.07, 6.45) is 3.25. The molecule has 5 nitrogen and oxygen atoms in total. The second-order valence-electron chi connectivity index (χ2n) is 4.46. The van der Waals surface area contributed by atoms with Crippen LogP contribution in [-0.2, 0) is 0 Å². The smallest absolute Gasteiger partial charge is 0.256 e. The predicted molar refractivity (Wildman–Crippen MR) is 68.3 cm³/mol. The largest absolute Gasteiger partial charge is 0.336 e. The molecule has 1 amide bonds. The lowest BCUT2D eigenvalue weighted by atomic mass is 10.1. The van der Waals surface area contributed by atoms with Crippen molar-refractivity contribution in [1.82, 2.24) is 20.2 Å². The molecule has 0 radical (unpaired) electrons. The van der Waals surface area contributed by atoms with Gasteiger partial charge in [-0.05, 0) is 12.1 Å². The lowest BCUT2D eigenvalue weighted by Crippen LogP contribution is -2.57. The number of hydrogen-bond acceptors (Lipinski definition) is 4. The molecule has 5 heteroatoms. The van der Waals surface area contributed by atoms with E-state index in [1.807, 2.05) is 25.2 Å². The van der Waals surface area contributed by atoms with E-state index < -0.39 is 0 Å². The van der Waals surface area contributed by atoms with Crippen molar-refractivity contribution in [3.63, 3.8) is 0 Å². The van der Waals surface area contributed by atoms with E-state index >= 15 is 0 Å². The fourth-order valence-corrected chi connectivity index (χ4v) is 2.07. The van der Waals surface area contributed by atoms with E-state index in [-0.39, 0.29) is 11.9 Å². The number of likely N-dealkylation sites (N-methyl/N-ethyl adjacent to an activating group) is 1. The van der Waals surface area contributed by atoms with Gasteiger partial charge in [-0.2, -0.15) is 0 Å². The van der Waals surface area contributed by atoms with Gasteiger partial charge < -0.3 is 10.2 Å². The van der Waals surface area contributed by atoms with Gasteiger partial charge in [0.1, 0.15) is 5.52 Å².